The summed E-state index contributed by atoms with van der Waals surface area (Å²) in [4.78, 5) is 12.6. The Balaban J connectivity index is 2.66. The monoisotopic (exact) mass is 418 g/mol. The maximum Gasteiger partial charge on any atom is 0.416 e. The fourth-order valence-corrected chi connectivity index (χ4v) is 2.49. The van der Waals surface area contributed by atoms with Crippen LogP contribution in [0.5, 0.6) is 17.2 Å². The molecule has 0 saturated heterocycles. The Morgan fingerprint density at radius 3 is 2.14 bits per heavy atom. The van der Waals surface area contributed by atoms with Crippen molar-refractivity contribution in [2.75, 3.05) is 7.11 Å². The molecule has 0 N–H and O–H groups in total. The number of halogens is 5. The van der Waals surface area contributed by atoms with Crippen LogP contribution in [0.1, 0.15) is 42.3 Å². The van der Waals surface area contributed by atoms with Crippen LogP contribution in [0, 0.1) is 18.6 Å². The second kappa shape index (κ2) is 7.88. The second-order valence-corrected chi connectivity index (χ2v) is 7.16. The minimum absolute atomic E-state index is 0.0642. The van der Waals surface area contributed by atoms with E-state index in [4.69, 9.17) is 14.2 Å². The van der Waals surface area contributed by atoms with Crippen molar-refractivity contribution >= 4 is 5.97 Å². The summed E-state index contributed by atoms with van der Waals surface area (Å²) < 4.78 is 82.5. The summed E-state index contributed by atoms with van der Waals surface area (Å²) in [5.74, 6) is -5.14. The smallest absolute Gasteiger partial charge is 0.416 e. The zero-order chi connectivity index (χ0) is 22.1. The summed E-state index contributed by atoms with van der Waals surface area (Å²) in [6.45, 7) is 6.04. The first kappa shape index (κ1) is 22.4. The van der Waals surface area contributed by atoms with E-state index in [2.05, 4.69) is 0 Å². The predicted molar refractivity (Wildman–Crippen MR) is 94.3 cm³/mol. The van der Waals surface area contributed by atoms with Crippen LogP contribution in [0.3, 0.4) is 0 Å². The number of methoxy groups -OCH3 is 1. The van der Waals surface area contributed by atoms with E-state index >= 15 is 0 Å². The molecule has 9 heteroatoms. The maximum absolute atomic E-state index is 13.9. The quantitative estimate of drug-likeness (QED) is 0.448. The van der Waals surface area contributed by atoms with Gasteiger partial charge in [-0.05, 0) is 57.5 Å². The summed E-state index contributed by atoms with van der Waals surface area (Å²) in [6.07, 6.45) is -4.73. The van der Waals surface area contributed by atoms with Gasteiger partial charge < -0.3 is 14.2 Å². The highest BCUT2D eigenvalue weighted by Crippen LogP contribution is 2.40. The third-order valence-corrected chi connectivity index (χ3v) is 3.67. The van der Waals surface area contributed by atoms with Crippen molar-refractivity contribution in [2.24, 2.45) is 0 Å². The zero-order valence-corrected chi connectivity index (χ0v) is 16.3. The predicted octanol–water partition coefficient (Wildman–Crippen LogP) is 6.05. The molecule has 0 saturated carbocycles. The largest absolute Gasteiger partial charge is 0.490 e. The molecule has 0 radical (unpaired) electrons. The van der Waals surface area contributed by atoms with Crippen molar-refractivity contribution in [3.63, 3.8) is 0 Å². The summed E-state index contributed by atoms with van der Waals surface area (Å²) >= 11 is 0. The summed E-state index contributed by atoms with van der Waals surface area (Å²) in [7, 11) is 1.04. The summed E-state index contributed by atoms with van der Waals surface area (Å²) in [5.41, 5.74) is -2.35. The maximum atomic E-state index is 13.9. The Bertz CT molecular complexity index is 930. The molecule has 2 aromatic carbocycles. The van der Waals surface area contributed by atoms with Crippen molar-refractivity contribution in [3.8, 4) is 17.2 Å². The van der Waals surface area contributed by atoms with E-state index in [1.54, 1.807) is 20.8 Å². The molecule has 0 heterocycles. The molecule has 158 valence electrons. The molecule has 0 spiro atoms. The fraction of sp³-hybridized carbons (Fsp3) is 0.350. The van der Waals surface area contributed by atoms with E-state index in [0.717, 1.165) is 25.3 Å². The normalized spacial score (nSPS) is 11.9. The van der Waals surface area contributed by atoms with E-state index in [1.807, 2.05) is 0 Å². The fourth-order valence-electron chi connectivity index (χ4n) is 2.49. The molecule has 0 amide bonds. The lowest BCUT2D eigenvalue weighted by Gasteiger charge is -2.22. The van der Waals surface area contributed by atoms with Gasteiger partial charge in [-0.3, -0.25) is 0 Å². The third kappa shape index (κ3) is 5.16. The molecule has 0 fully saturated rings. The molecule has 0 aliphatic heterocycles. The minimum Gasteiger partial charge on any atom is -0.490 e. The molecule has 0 bridgehead atoms. The molecule has 2 rings (SSSR count). The Kier molecular flexibility index (Phi) is 6.10. The number of carbonyl (C=O) groups excluding carboxylic acids is 1. The molecule has 4 nitrogen and oxygen atoms in total. The lowest BCUT2D eigenvalue weighted by Crippen LogP contribution is -2.25. The summed E-state index contributed by atoms with van der Waals surface area (Å²) in [5, 5.41) is 0. The van der Waals surface area contributed by atoms with E-state index in [-0.39, 0.29) is 11.1 Å². The number of hydrogen-bond donors (Lipinski definition) is 0. The van der Waals surface area contributed by atoms with Gasteiger partial charge in [0.25, 0.3) is 0 Å². The molecular weight excluding hydrogens is 399 g/mol. The van der Waals surface area contributed by atoms with E-state index < -0.39 is 52.2 Å². The zero-order valence-electron chi connectivity index (χ0n) is 16.3. The molecule has 2 aromatic rings. The molecular formula is C20H19F5O4. The molecule has 0 aliphatic carbocycles. The van der Waals surface area contributed by atoms with Gasteiger partial charge in [-0.25, -0.2) is 9.18 Å². The minimum atomic E-state index is -4.73. The molecule has 0 atom stereocenters. The van der Waals surface area contributed by atoms with Crippen LogP contribution < -0.4 is 9.47 Å². The van der Waals surface area contributed by atoms with Crippen LogP contribution in [0.2, 0.25) is 0 Å². The number of aryl methyl sites for hydroxylation is 1. The second-order valence-electron chi connectivity index (χ2n) is 7.16. The molecule has 0 unspecified atom stereocenters. The van der Waals surface area contributed by atoms with Gasteiger partial charge in [0.1, 0.15) is 16.9 Å². The summed E-state index contributed by atoms with van der Waals surface area (Å²) in [6, 6.07) is 3.06. The van der Waals surface area contributed by atoms with Gasteiger partial charge in [0.05, 0.1) is 12.7 Å². The first-order valence-corrected chi connectivity index (χ1v) is 8.39. The van der Waals surface area contributed by atoms with Crippen LogP contribution in [0.25, 0.3) is 0 Å². The van der Waals surface area contributed by atoms with Gasteiger partial charge in [-0.1, -0.05) is 0 Å². The number of hydrogen-bond acceptors (Lipinski definition) is 4. The Morgan fingerprint density at radius 2 is 1.62 bits per heavy atom. The van der Waals surface area contributed by atoms with Gasteiger partial charge in [-0.15, -0.1) is 0 Å². The highest BCUT2D eigenvalue weighted by Gasteiger charge is 2.34. The number of esters is 1. The first-order chi connectivity index (χ1) is 13.2. The van der Waals surface area contributed by atoms with Crippen LogP contribution in [0.15, 0.2) is 24.3 Å². The van der Waals surface area contributed by atoms with Gasteiger partial charge >= 0.3 is 12.1 Å². The number of rotatable bonds is 4. The lowest BCUT2D eigenvalue weighted by molar-refractivity contribution is -0.137. The van der Waals surface area contributed by atoms with Crippen molar-refractivity contribution in [1.29, 1.82) is 0 Å². The van der Waals surface area contributed by atoms with Crippen molar-refractivity contribution in [3.05, 3.63) is 52.6 Å². The number of ether oxygens (including phenoxy) is 3. The van der Waals surface area contributed by atoms with Crippen LogP contribution in [-0.4, -0.2) is 18.7 Å². The highest BCUT2D eigenvalue weighted by molar-refractivity contribution is 5.94. The lowest BCUT2D eigenvalue weighted by atomic mass is 10.0. The number of benzene rings is 2. The highest BCUT2D eigenvalue weighted by atomic mass is 19.4. The Hall–Kier alpha value is -2.84. The average molecular weight is 418 g/mol. The topological polar surface area (TPSA) is 44.8 Å². The third-order valence-electron chi connectivity index (χ3n) is 3.67. The molecule has 0 aliphatic rings. The standard InChI is InChI=1S/C20H19F5O4/c1-10-8-11(20(23,24)25)9-14(15(10)18(26)29-19(2,3)4)28-13-7-6-12(21)16(22)17(13)27-5/h6-9H,1-5H3. The SMILES string of the molecule is COc1c(Oc2cc(C(F)(F)F)cc(C)c2C(=O)OC(C)(C)C)ccc(F)c1F. The van der Waals surface area contributed by atoms with Gasteiger partial charge in [0, 0.05) is 0 Å². The van der Waals surface area contributed by atoms with Crippen molar-refractivity contribution in [2.45, 2.75) is 39.5 Å². The average Bonchev–Trinajstić information content (AvgIpc) is 2.55. The number of alkyl halides is 3. The Morgan fingerprint density at radius 1 is 1.00 bits per heavy atom. The Labute approximate surface area is 164 Å². The van der Waals surface area contributed by atoms with E-state index in [9.17, 15) is 26.7 Å². The van der Waals surface area contributed by atoms with Crippen LogP contribution >= 0.6 is 0 Å². The first-order valence-electron chi connectivity index (χ1n) is 8.39. The van der Waals surface area contributed by atoms with Gasteiger partial charge in [-0.2, -0.15) is 17.6 Å². The van der Waals surface area contributed by atoms with Crippen LogP contribution in [0.4, 0.5) is 22.0 Å². The number of carbonyl (C=O) groups is 1. The van der Waals surface area contributed by atoms with E-state index in [0.29, 0.717) is 6.07 Å². The van der Waals surface area contributed by atoms with Crippen molar-refractivity contribution in [1.82, 2.24) is 0 Å². The van der Waals surface area contributed by atoms with Crippen LogP contribution in [-0.2, 0) is 10.9 Å². The van der Waals surface area contributed by atoms with Gasteiger partial charge in [0.15, 0.2) is 11.6 Å². The molecule has 0 aromatic heterocycles. The van der Waals surface area contributed by atoms with Gasteiger partial charge in [0.2, 0.25) is 11.6 Å². The van der Waals surface area contributed by atoms with E-state index in [1.165, 1.54) is 6.92 Å². The molecule has 29 heavy (non-hydrogen) atoms. The van der Waals surface area contributed by atoms with Crippen molar-refractivity contribution < 1.29 is 41.0 Å².